The van der Waals surface area contributed by atoms with Gasteiger partial charge in [-0.05, 0) is 18.2 Å². The van der Waals surface area contributed by atoms with E-state index >= 15 is 0 Å². The molecule has 0 saturated carbocycles. The number of nitrogens with zero attached hydrogens (tertiary/aromatic N) is 1. The van der Waals surface area contributed by atoms with E-state index in [1.54, 1.807) is 12.1 Å². The summed E-state index contributed by atoms with van der Waals surface area (Å²) < 4.78 is 46.2. The van der Waals surface area contributed by atoms with Gasteiger partial charge in [-0.3, -0.25) is 4.90 Å². The number of hydrogen-bond acceptors (Lipinski definition) is 3. The van der Waals surface area contributed by atoms with E-state index < -0.39 is 23.5 Å². The van der Waals surface area contributed by atoms with Gasteiger partial charge in [0.25, 0.3) is 0 Å². The van der Waals surface area contributed by atoms with Gasteiger partial charge in [0.15, 0.2) is 11.6 Å². The Bertz CT molecular complexity index is 616. The number of furan rings is 1. The highest BCUT2D eigenvalue weighted by Gasteiger charge is 2.29. The second-order valence-electron chi connectivity index (χ2n) is 4.99. The molecule has 7 heteroatoms. The van der Waals surface area contributed by atoms with Gasteiger partial charge in [0.1, 0.15) is 11.6 Å². The SMILES string of the molecule is Cl.Fc1cc(F)c([C@H](c2ccco2)N2CCNCC2)cc1F. The lowest BCUT2D eigenvalue weighted by Gasteiger charge is -2.34. The van der Waals surface area contributed by atoms with Crippen molar-refractivity contribution in [3.63, 3.8) is 0 Å². The highest BCUT2D eigenvalue weighted by atomic mass is 35.5. The molecule has 0 spiro atoms. The second kappa shape index (κ2) is 7.17. The van der Waals surface area contributed by atoms with Gasteiger partial charge < -0.3 is 9.73 Å². The Morgan fingerprint density at radius 2 is 1.73 bits per heavy atom. The van der Waals surface area contributed by atoms with Crippen molar-refractivity contribution in [2.75, 3.05) is 26.2 Å². The molecule has 0 aliphatic carbocycles. The zero-order valence-electron chi connectivity index (χ0n) is 11.7. The molecule has 1 saturated heterocycles. The van der Waals surface area contributed by atoms with Crippen LogP contribution in [0.3, 0.4) is 0 Å². The summed E-state index contributed by atoms with van der Waals surface area (Å²) in [6.45, 7) is 2.85. The van der Waals surface area contributed by atoms with E-state index in [0.29, 0.717) is 24.9 Å². The Morgan fingerprint density at radius 3 is 2.36 bits per heavy atom. The second-order valence-corrected chi connectivity index (χ2v) is 4.99. The molecular formula is C15H16ClF3N2O. The summed E-state index contributed by atoms with van der Waals surface area (Å²) in [6.07, 6.45) is 1.49. The maximum Gasteiger partial charge on any atom is 0.161 e. The number of piperazine rings is 1. The van der Waals surface area contributed by atoms with Crippen LogP contribution in [-0.2, 0) is 0 Å². The Hall–Kier alpha value is -1.50. The van der Waals surface area contributed by atoms with Crippen molar-refractivity contribution in [1.29, 1.82) is 0 Å². The molecule has 1 aliphatic rings. The fourth-order valence-corrected chi connectivity index (χ4v) is 2.66. The third-order valence-corrected chi connectivity index (χ3v) is 3.66. The predicted octanol–water partition coefficient (Wildman–Crippen LogP) is 3.11. The fraction of sp³-hybridized carbons (Fsp3) is 0.333. The smallest absolute Gasteiger partial charge is 0.161 e. The molecule has 0 radical (unpaired) electrons. The fourth-order valence-electron chi connectivity index (χ4n) is 2.66. The first kappa shape index (κ1) is 16.9. The van der Waals surface area contributed by atoms with Crippen molar-refractivity contribution in [1.82, 2.24) is 10.2 Å². The van der Waals surface area contributed by atoms with E-state index in [1.807, 2.05) is 4.90 Å². The lowest BCUT2D eigenvalue weighted by molar-refractivity contribution is 0.176. The van der Waals surface area contributed by atoms with Crippen LogP contribution in [0.5, 0.6) is 0 Å². The third kappa shape index (κ3) is 3.29. The van der Waals surface area contributed by atoms with Crippen molar-refractivity contribution in [2.24, 2.45) is 0 Å². The van der Waals surface area contributed by atoms with Crippen molar-refractivity contribution < 1.29 is 17.6 Å². The van der Waals surface area contributed by atoms with Crippen molar-refractivity contribution >= 4 is 12.4 Å². The van der Waals surface area contributed by atoms with Crippen molar-refractivity contribution in [3.05, 3.63) is 59.3 Å². The van der Waals surface area contributed by atoms with E-state index in [4.69, 9.17) is 4.42 Å². The summed E-state index contributed by atoms with van der Waals surface area (Å²) in [7, 11) is 0. The Kier molecular flexibility index (Phi) is 5.50. The molecule has 0 unspecified atom stereocenters. The first-order valence-corrected chi connectivity index (χ1v) is 6.79. The molecule has 2 aromatic rings. The predicted molar refractivity (Wildman–Crippen MR) is 78.6 cm³/mol. The summed E-state index contributed by atoms with van der Waals surface area (Å²) >= 11 is 0. The van der Waals surface area contributed by atoms with Gasteiger partial charge in [0.2, 0.25) is 0 Å². The van der Waals surface area contributed by atoms with Gasteiger partial charge in [-0.2, -0.15) is 0 Å². The minimum atomic E-state index is -1.19. The van der Waals surface area contributed by atoms with Crippen molar-refractivity contribution in [3.8, 4) is 0 Å². The zero-order valence-corrected chi connectivity index (χ0v) is 12.5. The molecule has 3 rings (SSSR count). The normalized spacial score (nSPS) is 17.0. The molecule has 22 heavy (non-hydrogen) atoms. The van der Waals surface area contributed by atoms with E-state index in [1.165, 1.54) is 6.26 Å². The average molecular weight is 333 g/mol. The van der Waals surface area contributed by atoms with Crippen molar-refractivity contribution in [2.45, 2.75) is 6.04 Å². The maximum absolute atomic E-state index is 14.1. The van der Waals surface area contributed by atoms with E-state index in [-0.39, 0.29) is 18.0 Å². The number of halogens is 4. The molecule has 1 aromatic heterocycles. The molecule has 1 aliphatic heterocycles. The Morgan fingerprint density at radius 1 is 1.05 bits per heavy atom. The Labute approximate surface area is 132 Å². The van der Waals surface area contributed by atoms with Crippen LogP contribution in [0.1, 0.15) is 17.4 Å². The van der Waals surface area contributed by atoms with Gasteiger partial charge in [0, 0.05) is 37.8 Å². The van der Waals surface area contributed by atoms with Gasteiger partial charge in [-0.25, -0.2) is 13.2 Å². The van der Waals surface area contributed by atoms with Crippen LogP contribution in [0.25, 0.3) is 0 Å². The molecule has 1 N–H and O–H groups in total. The monoisotopic (exact) mass is 332 g/mol. The first-order chi connectivity index (χ1) is 10.2. The standard InChI is InChI=1S/C15H15F3N2O.ClH/c16-11-9-13(18)12(17)8-10(11)15(14-2-1-7-21-14)20-5-3-19-4-6-20;/h1-2,7-9,15,19H,3-6H2;1H/t15-;/m1./s1. The molecule has 1 atom stereocenters. The van der Waals surface area contributed by atoms with Crippen LogP contribution >= 0.6 is 12.4 Å². The Balaban J connectivity index is 0.00000176. The number of benzene rings is 1. The average Bonchev–Trinajstić information content (AvgIpc) is 3.00. The van der Waals surface area contributed by atoms with Crippen LogP contribution < -0.4 is 5.32 Å². The molecular weight excluding hydrogens is 317 g/mol. The van der Waals surface area contributed by atoms with Crippen LogP contribution in [0.4, 0.5) is 13.2 Å². The first-order valence-electron chi connectivity index (χ1n) is 6.79. The van der Waals surface area contributed by atoms with E-state index in [0.717, 1.165) is 19.2 Å². The minimum absolute atomic E-state index is 0. The lowest BCUT2D eigenvalue weighted by atomic mass is 10.0. The molecule has 3 nitrogen and oxygen atoms in total. The minimum Gasteiger partial charge on any atom is -0.467 e. The molecule has 120 valence electrons. The van der Waals surface area contributed by atoms with E-state index in [9.17, 15) is 13.2 Å². The number of rotatable bonds is 3. The van der Waals surface area contributed by atoms with Crippen LogP contribution in [0.2, 0.25) is 0 Å². The summed E-state index contributed by atoms with van der Waals surface area (Å²) in [4.78, 5) is 1.99. The van der Waals surface area contributed by atoms with Gasteiger partial charge >= 0.3 is 0 Å². The molecule has 0 amide bonds. The summed E-state index contributed by atoms with van der Waals surface area (Å²) in [6, 6.07) is 4.36. The number of nitrogens with one attached hydrogen (secondary N) is 1. The van der Waals surface area contributed by atoms with Crippen LogP contribution in [-0.4, -0.2) is 31.1 Å². The van der Waals surface area contributed by atoms with Crippen LogP contribution in [0.15, 0.2) is 34.9 Å². The molecule has 2 heterocycles. The number of hydrogen-bond donors (Lipinski definition) is 1. The highest BCUT2D eigenvalue weighted by Crippen LogP contribution is 2.32. The molecule has 1 fully saturated rings. The summed E-state index contributed by atoms with van der Waals surface area (Å²) in [5.41, 5.74) is 0.0887. The van der Waals surface area contributed by atoms with Gasteiger partial charge in [0.05, 0.1) is 12.3 Å². The molecule has 1 aromatic carbocycles. The topological polar surface area (TPSA) is 28.4 Å². The zero-order chi connectivity index (χ0) is 14.8. The van der Waals surface area contributed by atoms with Gasteiger partial charge in [-0.15, -0.1) is 12.4 Å². The molecule has 0 bridgehead atoms. The summed E-state index contributed by atoms with van der Waals surface area (Å²) in [5.74, 6) is -2.50. The largest absolute Gasteiger partial charge is 0.467 e. The third-order valence-electron chi connectivity index (χ3n) is 3.66. The van der Waals surface area contributed by atoms with E-state index in [2.05, 4.69) is 5.32 Å². The van der Waals surface area contributed by atoms with Gasteiger partial charge in [-0.1, -0.05) is 0 Å². The lowest BCUT2D eigenvalue weighted by Crippen LogP contribution is -2.45. The van der Waals surface area contributed by atoms with Crippen LogP contribution in [0, 0.1) is 17.5 Å². The quantitative estimate of drug-likeness (QED) is 0.875. The maximum atomic E-state index is 14.1. The summed E-state index contributed by atoms with van der Waals surface area (Å²) in [5, 5.41) is 3.20. The highest BCUT2D eigenvalue weighted by molar-refractivity contribution is 5.85.